The maximum Gasteiger partial charge on any atom is 0.126 e. The summed E-state index contributed by atoms with van der Waals surface area (Å²) in [4.78, 5) is 0. The van der Waals surface area contributed by atoms with Gasteiger partial charge in [0.2, 0.25) is 0 Å². The number of benzene rings is 1. The summed E-state index contributed by atoms with van der Waals surface area (Å²) in [5.74, 6) is 2.15. The average Bonchev–Trinajstić information content (AvgIpc) is 2.34. The van der Waals surface area contributed by atoms with Gasteiger partial charge in [-0.25, -0.2) is 0 Å². The third-order valence-corrected chi connectivity index (χ3v) is 2.67. The summed E-state index contributed by atoms with van der Waals surface area (Å²) >= 11 is 0. The van der Waals surface area contributed by atoms with Gasteiger partial charge < -0.3 is 14.8 Å². The highest BCUT2D eigenvalue weighted by atomic mass is 16.5. The lowest BCUT2D eigenvalue weighted by Crippen LogP contribution is -2.19. The minimum atomic E-state index is 0.431. The molecule has 0 aliphatic heterocycles. The number of rotatable bonds is 6. The first-order valence-electron chi connectivity index (χ1n) is 5.65. The van der Waals surface area contributed by atoms with Crippen LogP contribution in [0.15, 0.2) is 18.2 Å². The monoisotopic (exact) mass is 223 g/mol. The molecule has 0 amide bonds. The van der Waals surface area contributed by atoms with Gasteiger partial charge in [-0.15, -0.1) is 0 Å². The van der Waals surface area contributed by atoms with Crippen LogP contribution in [0.2, 0.25) is 0 Å². The van der Waals surface area contributed by atoms with E-state index in [0.29, 0.717) is 5.92 Å². The predicted octanol–water partition coefficient (Wildman–Crippen LogP) is 2.42. The van der Waals surface area contributed by atoms with E-state index in [-0.39, 0.29) is 0 Å². The van der Waals surface area contributed by atoms with Crippen molar-refractivity contribution in [3.05, 3.63) is 23.8 Å². The summed E-state index contributed by atoms with van der Waals surface area (Å²) in [6.07, 6.45) is 0. The van der Waals surface area contributed by atoms with Gasteiger partial charge in [-0.2, -0.15) is 0 Å². The molecule has 1 rings (SSSR count). The zero-order valence-electron chi connectivity index (χ0n) is 10.5. The second-order valence-electron chi connectivity index (χ2n) is 3.82. The minimum absolute atomic E-state index is 0.431. The summed E-state index contributed by atoms with van der Waals surface area (Å²) < 4.78 is 10.6. The van der Waals surface area contributed by atoms with Gasteiger partial charge >= 0.3 is 0 Å². The Balaban J connectivity index is 2.85. The van der Waals surface area contributed by atoms with Gasteiger partial charge in [0.1, 0.15) is 11.5 Å². The van der Waals surface area contributed by atoms with E-state index in [4.69, 9.17) is 9.47 Å². The predicted molar refractivity (Wildman–Crippen MR) is 66.5 cm³/mol. The Labute approximate surface area is 97.8 Å². The first kappa shape index (κ1) is 12.8. The Kier molecular flexibility index (Phi) is 5.12. The van der Waals surface area contributed by atoms with Crippen LogP contribution in [0.1, 0.15) is 25.3 Å². The van der Waals surface area contributed by atoms with Gasteiger partial charge in [0.25, 0.3) is 0 Å². The van der Waals surface area contributed by atoms with E-state index in [9.17, 15) is 0 Å². The number of ether oxygens (including phenoxy) is 2. The average molecular weight is 223 g/mol. The zero-order valence-corrected chi connectivity index (χ0v) is 10.5. The van der Waals surface area contributed by atoms with Crippen LogP contribution in [0.25, 0.3) is 0 Å². The topological polar surface area (TPSA) is 30.5 Å². The Morgan fingerprint density at radius 2 is 2.00 bits per heavy atom. The second kappa shape index (κ2) is 6.38. The zero-order chi connectivity index (χ0) is 12.0. The Morgan fingerprint density at radius 3 is 2.56 bits per heavy atom. The first-order valence-corrected chi connectivity index (χ1v) is 5.65. The molecule has 0 aliphatic carbocycles. The molecule has 0 spiro atoms. The molecule has 1 atom stereocenters. The molecular formula is C13H21NO2. The van der Waals surface area contributed by atoms with Crippen LogP contribution in [0, 0.1) is 0 Å². The maximum absolute atomic E-state index is 5.38. The largest absolute Gasteiger partial charge is 0.497 e. The van der Waals surface area contributed by atoms with E-state index in [1.165, 1.54) is 5.56 Å². The minimum Gasteiger partial charge on any atom is -0.497 e. The number of hydrogen-bond donors (Lipinski definition) is 1. The van der Waals surface area contributed by atoms with Gasteiger partial charge in [0, 0.05) is 12.6 Å². The quantitative estimate of drug-likeness (QED) is 0.803. The highest BCUT2D eigenvalue weighted by molar-refractivity contribution is 5.42. The van der Waals surface area contributed by atoms with Gasteiger partial charge in [-0.05, 0) is 24.1 Å². The van der Waals surface area contributed by atoms with Crippen molar-refractivity contribution in [2.75, 3.05) is 27.3 Å². The molecule has 0 saturated heterocycles. The first-order chi connectivity index (χ1) is 7.72. The van der Waals surface area contributed by atoms with E-state index in [1.807, 2.05) is 12.1 Å². The van der Waals surface area contributed by atoms with E-state index < -0.39 is 0 Å². The summed E-state index contributed by atoms with van der Waals surface area (Å²) in [5.41, 5.74) is 1.21. The van der Waals surface area contributed by atoms with Crippen molar-refractivity contribution >= 4 is 0 Å². The molecule has 16 heavy (non-hydrogen) atoms. The van der Waals surface area contributed by atoms with Gasteiger partial charge in [0.15, 0.2) is 0 Å². The van der Waals surface area contributed by atoms with Crippen molar-refractivity contribution in [3.8, 4) is 11.5 Å². The third-order valence-electron chi connectivity index (χ3n) is 2.67. The standard InChI is InChI=1S/C13H21NO2/c1-5-14-9-10(2)12-7-6-11(15-3)8-13(12)16-4/h6-8,10,14H,5,9H2,1-4H3. The number of methoxy groups -OCH3 is 2. The fourth-order valence-corrected chi connectivity index (χ4v) is 1.70. The molecule has 1 N–H and O–H groups in total. The molecule has 90 valence electrons. The summed E-state index contributed by atoms with van der Waals surface area (Å²) in [6.45, 7) is 6.24. The lowest BCUT2D eigenvalue weighted by Gasteiger charge is -2.16. The van der Waals surface area contributed by atoms with E-state index in [1.54, 1.807) is 14.2 Å². The Bertz CT molecular complexity index is 326. The van der Waals surface area contributed by atoms with E-state index in [2.05, 4.69) is 25.2 Å². The molecule has 0 heterocycles. The second-order valence-corrected chi connectivity index (χ2v) is 3.82. The van der Waals surface area contributed by atoms with Crippen molar-refractivity contribution < 1.29 is 9.47 Å². The summed E-state index contributed by atoms with van der Waals surface area (Å²) in [7, 11) is 3.36. The highest BCUT2D eigenvalue weighted by Gasteiger charge is 2.11. The maximum atomic E-state index is 5.38. The molecule has 0 aliphatic rings. The van der Waals surface area contributed by atoms with Crippen LogP contribution < -0.4 is 14.8 Å². The van der Waals surface area contributed by atoms with Gasteiger partial charge in [0.05, 0.1) is 14.2 Å². The van der Waals surface area contributed by atoms with Crippen LogP contribution >= 0.6 is 0 Å². The van der Waals surface area contributed by atoms with Crippen molar-refractivity contribution in [3.63, 3.8) is 0 Å². The molecule has 1 aromatic rings. The normalized spacial score (nSPS) is 12.2. The molecule has 0 fully saturated rings. The fourth-order valence-electron chi connectivity index (χ4n) is 1.70. The van der Waals surface area contributed by atoms with Crippen molar-refractivity contribution in [2.24, 2.45) is 0 Å². The van der Waals surface area contributed by atoms with Crippen molar-refractivity contribution in [1.82, 2.24) is 5.32 Å². The van der Waals surface area contributed by atoms with Crippen LogP contribution in [0.3, 0.4) is 0 Å². The number of hydrogen-bond acceptors (Lipinski definition) is 3. The molecule has 3 heteroatoms. The highest BCUT2D eigenvalue weighted by Crippen LogP contribution is 2.29. The van der Waals surface area contributed by atoms with Crippen molar-refractivity contribution in [1.29, 1.82) is 0 Å². The molecule has 0 saturated carbocycles. The van der Waals surface area contributed by atoms with Crippen LogP contribution in [0.4, 0.5) is 0 Å². The molecule has 3 nitrogen and oxygen atoms in total. The molecular weight excluding hydrogens is 202 g/mol. The summed E-state index contributed by atoms with van der Waals surface area (Å²) in [5, 5.41) is 3.34. The molecule has 0 bridgehead atoms. The van der Waals surface area contributed by atoms with Crippen LogP contribution in [-0.4, -0.2) is 27.3 Å². The van der Waals surface area contributed by atoms with Gasteiger partial charge in [-0.3, -0.25) is 0 Å². The molecule has 0 aromatic heterocycles. The number of likely N-dealkylation sites (N-methyl/N-ethyl adjacent to an activating group) is 1. The third kappa shape index (κ3) is 3.14. The molecule has 1 unspecified atom stereocenters. The van der Waals surface area contributed by atoms with Crippen LogP contribution in [-0.2, 0) is 0 Å². The lowest BCUT2D eigenvalue weighted by molar-refractivity contribution is 0.388. The molecule has 0 radical (unpaired) electrons. The molecule has 1 aromatic carbocycles. The van der Waals surface area contributed by atoms with E-state index in [0.717, 1.165) is 24.6 Å². The fraction of sp³-hybridized carbons (Fsp3) is 0.538. The number of nitrogens with one attached hydrogen (secondary N) is 1. The van der Waals surface area contributed by atoms with Gasteiger partial charge in [-0.1, -0.05) is 19.9 Å². The SMILES string of the molecule is CCNCC(C)c1ccc(OC)cc1OC. The smallest absolute Gasteiger partial charge is 0.126 e. The van der Waals surface area contributed by atoms with Crippen LogP contribution in [0.5, 0.6) is 11.5 Å². The van der Waals surface area contributed by atoms with Crippen molar-refractivity contribution in [2.45, 2.75) is 19.8 Å². The van der Waals surface area contributed by atoms with E-state index >= 15 is 0 Å². The lowest BCUT2D eigenvalue weighted by atomic mass is 10.00. The Hall–Kier alpha value is -1.22. The summed E-state index contributed by atoms with van der Waals surface area (Å²) in [6, 6.07) is 5.97. The Morgan fingerprint density at radius 1 is 1.25 bits per heavy atom.